The summed E-state index contributed by atoms with van der Waals surface area (Å²) in [5.41, 5.74) is 2.84. The Morgan fingerprint density at radius 3 is 2.82 bits per heavy atom. The van der Waals surface area contributed by atoms with Crippen molar-refractivity contribution in [1.82, 2.24) is 15.2 Å². The van der Waals surface area contributed by atoms with Crippen LogP contribution in [0.5, 0.6) is 0 Å². The smallest absolute Gasteiger partial charge is 0.277 e. The van der Waals surface area contributed by atoms with E-state index in [1.165, 1.54) is 23.1 Å². The number of aromatic nitrogens is 3. The van der Waals surface area contributed by atoms with Gasteiger partial charge in [0, 0.05) is 16.8 Å². The normalized spacial score (nSPS) is 10.9. The number of hydrogen-bond acceptors (Lipinski definition) is 8. The lowest BCUT2D eigenvalue weighted by molar-refractivity contribution is -0.115. The highest BCUT2D eigenvalue weighted by Crippen LogP contribution is 2.28. The first-order chi connectivity index (χ1) is 13.7. The molecule has 0 bridgehead atoms. The molecule has 0 saturated carbocycles. The Morgan fingerprint density at radius 1 is 1.18 bits per heavy atom. The summed E-state index contributed by atoms with van der Waals surface area (Å²) in [6.45, 7) is 2.01. The molecule has 0 saturated heterocycles. The zero-order valence-electron chi connectivity index (χ0n) is 14.9. The third-order valence-electron chi connectivity index (χ3n) is 3.73. The molecule has 0 aliphatic carbocycles. The standard InChI is InChI=1S/C19H16N4O2S3/c1-12-4-6-13(7-5-12)20-16(24)9-17-21-14(10-27-17)11-28-19-23-22-18(25-19)15-3-2-8-26-15/h2-8,10H,9,11H2,1H3,(H,20,24). The molecule has 0 aliphatic rings. The fraction of sp³-hybridized carbons (Fsp3) is 0.158. The first-order valence-electron chi connectivity index (χ1n) is 8.46. The number of thiophene rings is 1. The van der Waals surface area contributed by atoms with E-state index in [2.05, 4.69) is 20.5 Å². The molecule has 0 fully saturated rings. The van der Waals surface area contributed by atoms with Crippen LogP contribution in [0.2, 0.25) is 0 Å². The maximum Gasteiger partial charge on any atom is 0.277 e. The molecular weight excluding hydrogens is 412 g/mol. The summed E-state index contributed by atoms with van der Waals surface area (Å²) in [7, 11) is 0. The molecule has 28 heavy (non-hydrogen) atoms. The van der Waals surface area contributed by atoms with Crippen molar-refractivity contribution >= 4 is 46.0 Å². The fourth-order valence-electron chi connectivity index (χ4n) is 2.38. The third-order valence-corrected chi connectivity index (χ3v) is 6.34. The number of nitrogens with one attached hydrogen (secondary N) is 1. The number of amides is 1. The quantitative estimate of drug-likeness (QED) is 0.416. The Labute approximate surface area is 174 Å². The number of nitrogens with zero attached hydrogens (tertiary/aromatic N) is 3. The summed E-state index contributed by atoms with van der Waals surface area (Å²) in [5, 5.41) is 16.2. The molecule has 0 unspecified atom stereocenters. The first-order valence-corrected chi connectivity index (χ1v) is 11.2. The lowest BCUT2D eigenvalue weighted by Crippen LogP contribution is -2.14. The van der Waals surface area contributed by atoms with Gasteiger partial charge in [-0.3, -0.25) is 4.79 Å². The molecule has 1 N–H and O–H groups in total. The Hall–Kier alpha value is -2.49. The minimum atomic E-state index is -0.0742. The average Bonchev–Trinajstić information content (AvgIpc) is 3.43. The SMILES string of the molecule is Cc1ccc(NC(=O)Cc2nc(CSc3nnc(-c4cccs4)o3)cs2)cc1. The van der Waals surface area contributed by atoms with Crippen LogP contribution in [0.3, 0.4) is 0 Å². The van der Waals surface area contributed by atoms with Gasteiger partial charge in [-0.2, -0.15) is 0 Å². The van der Waals surface area contributed by atoms with E-state index in [9.17, 15) is 4.79 Å². The van der Waals surface area contributed by atoms with Crippen molar-refractivity contribution in [3.05, 3.63) is 63.4 Å². The molecule has 142 valence electrons. The van der Waals surface area contributed by atoms with Crippen LogP contribution >= 0.6 is 34.4 Å². The number of thioether (sulfide) groups is 1. The predicted octanol–water partition coefficient (Wildman–Crippen LogP) is 5.04. The number of carbonyl (C=O) groups is 1. The minimum absolute atomic E-state index is 0.0742. The van der Waals surface area contributed by atoms with E-state index in [1.54, 1.807) is 11.3 Å². The van der Waals surface area contributed by atoms with Gasteiger partial charge in [0.05, 0.1) is 17.0 Å². The number of carbonyl (C=O) groups excluding carboxylic acids is 1. The minimum Gasteiger partial charge on any atom is -0.410 e. The average molecular weight is 429 g/mol. The third kappa shape index (κ3) is 4.86. The van der Waals surface area contributed by atoms with Crippen LogP contribution in [0.25, 0.3) is 10.8 Å². The monoisotopic (exact) mass is 428 g/mol. The van der Waals surface area contributed by atoms with Crippen LogP contribution in [-0.4, -0.2) is 21.1 Å². The zero-order chi connectivity index (χ0) is 19.3. The van der Waals surface area contributed by atoms with Crippen molar-refractivity contribution in [2.45, 2.75) is 24.3 Å². The summed E-state index contributed by atoms with van der Waals surface area (Å²) in [6.07, 6.45) is 0.256. The van der Waals surface area contributed by atoms with Crippen molar-refractivity contribution in [1.29, 1.82) is 0 Å². The second-order valence-corrected chi connectivity index (χ2v) is 8.78. The number of aryl methyl sites for hydroxylation is 1. The van der Waals surface area contributed by atoms with Crippen LogP contribution < -0.4 is 5.32 Å². The summed E-state index contributed by atoms with van der Waals surface area (Å²) in [6, 6.07) is 11.6. The van der Waals surface area contributed by atoms with E-state index >= 15 is 0 Å². The largest absolute Gasteiger partial charge is 0.410 e. The maximum absolute atomic E-state index is 12.2. The van der Waals surface area contributed by atoms with E-state index in [0.717, 1.165) is 26.8 Å². The van der Waals surface area contributed by atoms with Crippen LogP contribution in [0.1, 0.15) is 16.3 Å². The molecule has 1 aromatic carbocycles. The number of benzene rings is 1. The summed E-state index contributed by atoms with van der Waals surface area (Å²) >= 11 is 4.47. The molecule has 0 aliphatic heterocycles. The predicted molar refractivity (Wildman–Crippen MR) is 113 cm³/mol. The zero-order valence-corrected chi connectivity index (χ0v) is 17.4. The van der Waals surface area contributed by atoms with Crippen LogP contribution in [0, 0.1) is 6.92 Å². The van der Waals surface area contributed by atoms with Gasteiger partial charge in [0.1, 0.15) is 5.01 Å². The van der Waals surface area contributed by atoms with E-state index in [4.69, 9.17) is 4.42 Å². The Balaban J connectivity index is 1.29. The van der Waals surface area contributed by atoms with Crippen LogP contribution in [0.15, 0.2) is 56.8 Å². The highest BCUT2D eigenvalue weighted by molar-refractivity contribution is 7.98. The number of rotatable bonds is 7. The maximum atomic E-state index is 12.2. The molecule has 0 spiro atoms. The van der Waals surface area contributed by atoms with Crippen molar-refractivity contribution in [2.24, 2.45) is 0 Å². The van der Waals surface area contributed by atoms with Gasteiger partial charge in [0.2, 0.25) is 5.91 Å². The number of anilines is 1. The van der Waals surface area contributed by atoms with Crippen molar-refractivity contribution < 1.29 is 9.21 Å². The van der Waals surface area contributed by atoms with Gasteiger partial charge in [-0.1, -0.05) is 35.5 Å². The Kier molecular flexibility index (Phi) is 5.84. The van der Waals surface area contributed by atoms with Crippen molar-refractivity contribution in [3.63, 3.8) is 0 Å². The molecule has 0 radical (unpaired) electrons. The molecular formula is C19H16N4O2S3. The van der Waals surface area contributed by atoms with Gasteiger partial charge in [0.25, 0.3) is 11.1 Å². The van der Waals surface area contributed by atoms with Crippen molar-refractivity contribution in [2.75, 3.05) is 5.32 Å². The van der Waals surface area contributed by atoms with E-state index < -0.39 is 0 Å². The first kappa shape index (κ1) is 18.9. The lowest BCUT2D eigenvalue weighted by atomic mass is 10.2. The number of thiazole rings is 1. The summed E-state index contributed by atoms with van der Waals surface area (Å²) in [4.78, 5) is 17.7. The highest BCUT2D eigenvalue weighted by Gasteiger charge is 2.12. The molecule has 3 heterocycles. The van der Waals surface area contributed by atoms with Crippen LogP contribution in [0.4, 0.5) is 5.69 Å². The topological polar surface area (TPSA) is 80.9 Å². The van der Waals surface area contributed by atoms with Gasteiger partial charge in [-0.05, 0) is 30.5 Å². The highest BCUT2D eigenvalue weighted by atomic mass is 32.2. The van der Waals surface area contributed by atoms with Crippen molar-refractivity contribution in [3.8, 4) is 10.8 Å². The molecule has 0 atom stereocenters. The second-order valence-electron chi connectivity index (χ2n) is 5.96. The Bertz CT molecular complexity index is 1060. The molecule has 9 heteroatoms. The number of hydrogen-bond donors (Lipinski definition) is 1. The molecule has 1 amide bonds. The molecule has 6 nitrogen and oxygen atoms in total. The van der Waals surface area contributed by atoms with E-state index in [0.29, 0.717) is 16.9 Å². The van der Waals surface area contributed by atoms with Gasteiger partial charge in [-0.15, -0.1) is 32.9 Å². The van der Waals surface area contributed by atoms with E-state index in [-0.39, 0.29) is 12.3 Å². The van der Waals surface area contributed by atoms with E-state index in [1.807, 2.05) is 54.1 Å². The molecule has 3 aromatic heterocycles. The van der Waals surface area contributed by atoms with Crippen LogP contribution in [-0.2, 0) is 17.0 Å². The van der Waals surface area contributed by atoms with Gasteiger partial charge in [0.15, 0.2) is 0 Å². The summed E-state index contributed by atoms with van der Waals surface area (Å²) < 4.78 is 5.66. The Morgan fingerprint density at radius 2 is 2.04 bits per heavy atom. The summed E-state index contributed by atoms with van der Waals surface area (Å²) in [5.74, 6) is 1.07. The molecule has 4 rings (SSSR count). The van der Waals surface area contributed by atoms with Gasteiger partial charge in [-0.25, -0.2) is 4.98 Å². The lowest BCUT2D eigenvalue weighted by Gasteiger charge is -2.04. The van der Waals surface area contributed by atoms with Gasteiger partial charge < -0.3 is 9.73 Å². The molecule has 4 aromatic rings. The fourth-order valence-corrected chi connectivity index (χ4v) is 4.58. The van der Waals surface area contributed by atoms with Gasteiger partial charge >= 0.3 is 0 Å². The second kappa shape index (κ2) is 8.68.